The van der Waals surface area contributed by atoms with Crippen LogP contribution in [-0.2, 0) is 6.42 Å². The minimum atomic E-state index is -1.07. The van der Waals surface area contributed by atoms with Gasteiger partial charge in [-0.3, -0.25) is 9.20 Å². The number of carbonyl (C=O) groups is 1. The largest absolute Gasteiger partial charge is 0.478 e. The van der Waals surface area contributed by atoms with Gasteiger partial charge in [0.2, 0.25) is 0 Å². The van der Waals surface area contributed by atoms with Crippen molar-refractivity contribution in [2.45, 2.75) is 19.3 Å². The molecule has 6 heteroatoms. The fourth-order valence-corrected chi connectivity index (χ4v) is 3.30. The normalized spacial score (nSPS) is 15.2. The number of nitrogen functional groups attached to an aromatic ring is 1. The molecule has 0 atom stereocenters. The van der Waals surface area contributed by atoms with Crippen molar-refractivity contribution in [3.05, 3.63) is 75.3 Å². The van der Waals surface area contributed by atoms with E-state index in [4.69, 9.17) is 10.8 Å². The van der Waals surface area contributed by atoms with Gasteiger partial charge in [-0.05, 0) is 60.7 Å². The number of aromatic nitrogens is 2. The Bertz CT molecular complexity index is 1110. The minimum Gasteiger partial charge on any atom is -0.478 e. The number of hydrogen-bond acceptors (Lipinski definition) is 4. The van der Waals surface area contributed by atoms with Gasteiger partial charge in [-0.1, -0.05) is 12.1 Å². The summed E-state index contributed by atoms with van der Waals surface area (Å²) in [6, 6.07) is 10.6. The summed E-state index contributed by atoms with van der Waals surface area (Å²) in [5.74, 6) is -1.07. The summed E-state index contributed by atoms with van der Waals surface area (Å²) in [6.45, 7) is 0. The molecular formula is C20H17N3O3. The van der Waals surface area contributed by atoms with Gasteiger partial charge in [0.25, 0.3) is 5.56 Å². The summed E-state index contributed by atoms with van der Waals surface area (Å²) < 4.78 is 1.33. The third kappa shape index (κ3) is 2.75. The van der Waals surface area contributed by atoms with Crippen molar-refractivity contribution in [1.29, 1.82) is 0 Å². The number of benzene rings is 1. The second kappa shape index (κ2) is 6.15. The van der Waals surface area contributed by atoms with E-state index in [9.17, 15) is 9.59 Å². The Morgan fingerprint density at radius 2 is 1.92 bits per heavy atom. The summed E-state index contributed by atoms with van der Waals surface area (Å²) >= 11 is 0. The maximum absolute atomic E-state index is 12.9. The number of allylic oxidation sites excluding steroid dienone is 1. The topological polar surface area (TPSA) is 97.7 Å². The Balaban J connectivity index is 1.89. The van der Waals surface area contributed by atoms with Crippen LogP contribution >= 0.6 is 0 Å². The van der Waals surface area contributed by atoms with Crippen molar-refractivity contribution in [3.63, 3.8) is 0 Å². The van der Waals surface area contributed by atoms with Gasteiger partial charge in [-0.15, -0.1) is 0 Å². The fraction of sp³-hybridized carbons (Fsp3) is 0.150. The molecule has 1 aliphatic rings. The number of nitrogens with zero attached hydrogens (tertiary/aromatic N) is 2. The first-order chi connectivity index (χ1) is 12.5. The van der Waals surface area contributed by atoms with Crippen LogP contribution in [0.15, 0.2) is 47.4 Å². The van der Waals surface area contributed by atoms with Crippen LogP contribution in [0.5, 0.6) is 0 Å². The first kappa shape index (κ1) is 16.1. The van der Waals surface area contributed by atoms with E-state index in [-0.39, 0.29) is 11.1 Å². The van der Waals surface area contributed by atoms with Crippen molar-refractivity contribution >= 4 is 29.0 Å². The van der Waals surface area contributed by atoms with Crippen molar-refractivity contribution in [3.8, 4) is 0 Å². The molecule has 0 amide bonds. The molecule has 4 rings (SSSR count). The zero-order chi connectivity index (χ0) is 18.3. The Morgan fingerprint density at radius 1 is 1.15 bits per heavy atom. The smallest absolute Gasteiger partial charge is 0.337 e. The van der Waals surface area contributed by atoms with Crippen LogP contribution in [0.25, 0.3) is 17.3 Å². The molecule has 0 bridgehead atoms. The van der Waals surface area contributed by atoms with Crippen LogP contribution < -0.4 is 11.3 Å². The van der Waals surface area contributed by atoms with Gasteiger partial charge in [0, 0.05) is 17.4 Å². The molecule has 3 aromatic rings. The highest BCUT2D eigenvalue weighted by Gasteiger charge is 2.21. The van der Waals surface area contributed by atoms with Gasteiger partial charge in [-0.2, -0.15) is 0 Å². The van der Waals surface area contributed by atoms with Gasteiger partial charge in [-0.25, -0.2) is 9.78 Å². The summed E-state index contributed by atoms with van der Waals surface area (Å²) in [5, 5.41) is 9.15. The van der Waals surface area contributed by atoms with Gasteiger partial charge in [0.05, 0.1) is 11.3 Å². The quantitative estimate of drug-likeness (QED) is 0.695. The van der Waals surface area contributed by atoms with E-state index in [0.29, 0.717) is 29.0 Å². The van der Waals surface area contributed by atoms with Gasteiger partial charge < -0.3 is 10.8 Å². The highest BCUT2D eigenvalue weighted by molar-refractivity contribution is 5.88. The molecule has 0 spiro atoms. The summed E-state index contributed by atoms with van der Waals surface area (Å²) in [7, 11) is 0. The number of nitrogens with two attached hydrogens (primary N) is 1. The average Bonchev–Trinajstić information content (AvgIpc) is 2.64. The van der Waals surface area contributed by atoms with Crippen molar-refractivity contribution < 1.29 is 9.90 Å². The Morgan fingerprint density at radius 3 is 2.65 bits per heavy atom. The fourth-order valence-electron chi connectivity index (χ4n) is 3.30. The van der Waals surface area contributed by atoms with Crippen LogP contribution in [0.3, 0.4) is 0 Å². The predicted octanol–water partition coefficient (Wildman–Crippen LogP) is 2.85. The maximum Gasteiger partial charge on any atom is 0.337 e. The standard InChI is InChI=1S/C20H17N3O3/c21-15-7-4-12(5-8-15)10-13-2-1-3-16-18(13)22-17-9-6-14(20(25)26)11-23(17)19(16)24/h4-11H,1-3,21H2,(H,25,26). The zero-order valence-electron chi connectivity index (χ0n) is 14.0. The van der Waals surface area contributed by atoms with E-state index in [1.54, 1.807) is 6.07 Å². The number of fused-ring (bicyclic) bond motifs is 2. The lowest BCUT2D eigenvalue weighted by atomic mass is 9.90. The molecule has 1 aliphatic carbocycles. The molecule has 26 heavy (non-hydrogen) atoms. The molecule has 2 heterocycles. The monoisotopic (exact) mass is 347 g/mol. The summed E-state index contributed by atoms with van der Waals surface area (Å²) in [5.41, 5.74) is 10.1. The molecule has 1 aromatic carbocycles. The summed E-state index contributed by atoms with van der Waals surface area (Å²) in [4.78, 5) is 28.7. The molecule has 0 fully saturated rings. The van der Waals surface area contributed by atoms with E-state index in [1.807, 2.05) is 30.3 Å². The number of anilines is 1. The van der Waals surface area contributed by atoms with E-state index < -0.39 is 5.97 Å². The minimum absolute atomic E-state index is 0.0646. The van der Waals surface area contributed by atoms with E-state index in [2.05, 4.69) is 4.98 Å². The Kier molecular flexibility index (Phi) is 3.80. The van der Waals surface area contributed by atoms with E-state index in [0.717, 1.165) is 24.0 Å². The predicted molar refractivity (Wildman–Crippen MR) is 100 cm³/mol. The maximum atomic E-state index is 12.9. The molecule has 0 unspecified atom stereocenters. The first-order valence-electron chi connectivity index (χ1n) is 8.38. The van der Waals surface area contributed by atoms with Crippen LogP contribution in [0.1, 0.15) is 40.0 Å². The molecule has 0 aliphatic heterocycles. The van der Waals surface area contributed by atoms with E-state index in [1.165, 1.54) is 16.7 Å². The van der Waals surface area contributed by atoms with Crippen LogP contribution in [0.2, 0.25) is 0 Å². The Hall–Kier alpha value is -3.41. The number of aromatic carboxylic acids is 1. The molecule has 6 nitrogen and oxygen atoms in total. The lowest BCUT2D eigenvalue weighted by molar-refractivity contribution is 0.0696. The average molecular weight is 347 g/mol. The number of hydrogen-bond donors (Lipinski definition) is 2. The summed E-state index contributed by atoms with van der Waals surface area (Å²) in [6.07, 6.45) is 5.71. The second-order valence-electron chi connectivity index (χ2n) is 6.39. The number of rotatable bonds is 2. The van der Waals surface area contributed by atoms with Gasteiger partial charge in [0.1, 0.15) is 5.65 Å². The van der Waals surface area contributed by atoms with Gasteiger partial charge >= 0.3 is 5.97 Å². The highest BCUT2D eigenvalue weighted by atomic mass is 16.4. The SMILES string of the molecule is Nc1ccc(C=C2CCCc3c2nc2ccc(C(=O)O)cn2c3=O)cc1. The van der Waals surface area contributed by atoms with Gasteiger partial charge in [0.15, 0.2) is 0 Å². The first-order valence-corrected chi connectivity index (χ1v) is 8.38. The third-order valence-corrected chi connectivity index (χ3v) is 4.62. The van der Waals surface area contributed by atoms with Crippen LogP contribution in [-0.4, -0.2) is 20.5 Å². The third-order valence-electron chi connectivity index (χ3n) is 4.62. The molecule has 0 saturated heterocycles. The van der Waals surface area contributed by atoms with E-state index >= 15 is 0 Å². The molecule has 0 saturated carbocycles. The number of pyridine rings is 1. The van der Waals surface area contributed by atoms with Crippen LogP contribution in [0.4, 0.5) is 5.69 Å². The molecule has 0 radical (unpaired) electrons. The van der Waals surface area contributed by atoms with Crippen molar-refractivity contribution in [2.24, 2.45) is 0 Å². The number of carboxylic acids is 1. The van der Waals surface area contributed by atoms with Crippen molar-refractivity contribution in [1.82, 2.24) is 9.38 Å². The molecule has 3 N–H and O–H groups in total. The lowest BCUT2D eigenvalue weighted by Gasteiger charge is -2.18. The van der Waals surface area contributed by atoms with Crippen LogP contribution in [0, 0.1) is 0 Å². The Labute approximate surface area is 149 Å². The molecule has 130 valence electrons. The molecular weight excluding hydrogens is 330 g/mol. The molecule has 2 aromatic heterocycles. The van der Waals surface area contributed by atoms with Crippen molar-refractivity contribution in [2.75, 3.05) is 5.73 Å². The zero-order valence-corrected chi connectivity index (χ0v) is 14.0. The second-order valence-corrected chi connectivity index (χ2v) is 6.39. The highest BCUT2D eigenvalue weighted by Crippen LogP contribution is 2.29. The lowest BCUT2D eigenvalue weighted by Crippen LogP contribution is -2.25. The number of carboxylic acid groups (broad SMARTS) is 1.